The molecule has 0 spiro atoms. The van der Waals surface area contributed by atoms with E-state index < -0.39 is 24.5 Å². The van der Waals surface area contributed by atoms with E-state index in [1.807, 2.05) is 0 Å². The number of hydrogen-bond donors (Lipinski definition) is 2. The highest BCUT2D eigenvalue weighted by Gasteiger charge is 2.01. The summed E-state index contributed by atoms with van der Waals surface area (Å²) in [6.45, 7) is 0. The highest BCUT2D eigenvalue weighted by Crippen LogP contribution is 1.74. The molecule has 7 nitrogen and oxygen atoms in total. The second-order valence-corrected chi connectivity index (χ2v) is 1.62. The molecule has 0 rings (SSSR count). The highest BCUT2D eigenvalue weighted by molar-refractivity contribution is 5.88. The average molecular weight is 194 g/mol. The first-order chi connectivity index (χ1) is 5.93. The molecular weight excluding hydrogens is 184 g/mol. The predicted molar refractivity (Wildman–Crippen MR) is 39.3 cm³/mol. The number of carbonyl (C=O) groups is 3. The first kappa shape index (κ1) is 13.8. The Morgan fingerprint density at radius 1 is 1.00 bits per heavy atom. The summed E-state index contributed by atoms with van der Waals surface area (Å²) < 4.78 is 8.08. The van der Waals surface area contributed by atoms with E-state index >= 15 is 0 Å². The molecule has 2 N–H and O–H groups in total. The second-order valence-electron chi connectivity index (χ2n) is 1.62. The van der Waals surface area contributed by atoms with Crippen molar-refractivity contribution in [3.63, 3.8) is 0 Å². The maximum atomic E-state index is 9.74. The summed E-state index contributed by atoms with van der Waals surface area (Å²) in [6.07, 6.45) is -1.46. The van der Waals surface area contributed by atoms with Gasteiger partial charge in [-0.15, -0.1) is 0 Å². The zero-order chi connectivity index (χ0) is 10.9. The lowest BCUT2D eigenvalue weighted by Crippen LogP contribution is -2.03. The van der Waals surface area contributed by atoms with E-state index in [-0.39, 0.29) is 0 Å². The van der Waals surface area contributed by atoms with Crippen molar-refractivity contribution in [2.45, 2.75) is 6.42 Å². The lowest BCUT2D eigenvalue weighted by molar-refractivity contribution is -0.147. The van der Waals surface area contributed by atoms with Crippen LogP contribution < -0.4 is 0 Å². The van der Waals surface area contributed by atoms with Gasteiger partial charge in [-0.05, 0) is 0 Å². The summed E-state index contributed by atoms with van der Waals surface area (Å²) in [4.78, 5) is 28.6. The number of carboxylic acid groups (broad SMARTS) is 2. The molecule has 0 aromatic rings. The molecule has 0 saturated carbocycles. The molecule has 0 fully saturated rings. The van der Waals surface area contributed by atoms with Gasteiger partial charge in [-0.1, -0.05) is 0 Å². The van der Waals surface area contributed by atoms with Crippen molar-refractivity contribution >= 4 is 18.1 Å². The van der Waals surface area contributed by atoms with Gasteiger partial charge in [-0.3, -0.25) is 9.59 Å². The van der Waals surface area contributed by atoms with Gasteiger partial charge in [0, 0.05) is 0 Å². The van der Waals surface area contributed by atoms with Crippen LogP contribution in [0.4, 0.5) is 4.79 Å². The smallest absolute Gasteiger partial charge is 0.481 e. The molecule has 0 aromatic heterocycles. The first-order valence-electron chi connectivity index (χ1n) is 2.99. The minimum Gasteiger partial charge on any atom is -0.481 e. The van der Waals surface area contributed by atoms with Gasteiger partial charge in [0.25, 0.3) is 0 Å². The van der Waals surface area contributed by atoms with Gasteiger partial charge < -0.3 is 19.7 Å². The van der Waals surface area contributed by atoms with Crippen molar-refractivity contribution in [1.82, 2.24) is 0 Å². The van der Waals surface area contributed by atoms with E-state index in [0.717, 1.165) is 0 Å². The molecule has 0 saturated heterocycles. The Balaban J connectivity index is 0. The fourth-order valence-corrected chi connectivity index (χ4v) is 0.213. The van der Waals surface area contributed by atoms with Crippen LogP contribution in [0.3, 0.4) is 0 Å². The van der Waals surface area contributed by atoms with Crippen LogP contribution in [0, 0.1) is 0 Å². The van der Waals surface area contributed by atoms with Crippen molar-refractivity contribution in [2.75, 3.05) is 14.2 Å². The van der Waals surface area contributed by atoms with Crippen molar-refractivity contribution in [3.05, 3.63) is 0 Å². The van der Waals surface area contributed by atoms with Crippen molar-refractivity contribution in [3.8, 4) is 0 Å². The van der Waals surface area contributed by atoms with Gasteiger partial charge in [0.2, 0.25) is 0 Å². The minimum absolute atomic E-state index is 0.657. The zero-order valence-electron chi connectivity index (χ0n) is 7.14. The van der Waals surface area contributed by atoms with Crippen LogP contribution in [0.15, 0.2) is 0 Å². The van der Waals surface area contributed by atoms with Crippen LogP contribution >= 0.6 is 0 Å². The Hall–Kier alpha value is -1.79. The predicted octanol–water partition coefficient (Wildman–Crippen LogP) is -0.0551. The van der Waals surface area contributed by atoms with E-state index in [9.17, 15) is 14.4 Å². The molecule has 0 amide bonds. The number of carboxylic acids is 2. The molecule has 0 bridgehead atoms. The van der Waals surface area contributed by atoms with Gasteiger partial charge in [-0.25, -0.2) is 4.79 Å². The standard InChI is InChI=1S/C3H4O4.C3H6O3/c4-2(5)1-3(6)7;1-5-3(4)6-2/h1H2,(H,4,5)(H,6,7);1-2H3. The molecule has 7 heteroatoms. The summed E-state index contributed by atoms with van der Waals surface area (Å²) >= 11 is 0. The number of aliphatic carboxylic acids is 2. The first-order valence-corrected chi connectivity index (χ1v) is 2.99. The maximum Gasteiger partial charge on any atom is 0.507 e. The number of hydrogen-bond acceptors (Lipinski definition) is 5. The Morgan fingerprint density at radius 2 is 1.31 bits per heavy atom. The van der Waals surface area contributed by atoms with Crippen LogP contribution in [0.5, 0.6) is 0 Å². The summed E-state index contributed by atoms with van der Waals surface area (Å²) in [5.41, 5.74) is 0. The SMILES string of the molecule is COC(=O)OC.O=C(O)CC(=O)O. The summed E-state index contributed by atoms with van der Waals surface area (Å²) in [6, 6.07) is 0. The molecule has 76 valence electrons. The fraction of sp³-hybridized carbons (Fsp3) is 0.500. The molecule has 0 aliphatic rings. The van der Waals surface area contributed by atoms with E-state index in [1.54, 1.807) is 0 Å². The number of carbonyl (C=O) groups excluding carboxylic acids is 1. The van der Waals surface area contributed by atoms with Gasteiger partial charge in [-0.2, -0.15) is 0 Å². The summed E-state index contributed by atoms with van der Waals surface area (Å²) in [5, 5.41) is 15.4. The molecule has 13 heavy (non-hydrogen) atoms. The van der Waals surface area contributed by atoms with Gasteiger partial charge in [0.15, 0.2) is 0 Å². The van der Waals surface area contributed by atoms with Crippen LogP contribution in [0.25, 0.3) is 0 Å². The third-order valence-electron chi connectivity index (χ3n) is 0.636. The van der Waals surface area contributed by atoms with E-state index in [1.165, 1.54) is 14.2 Å². The number of rotatable bonds is 2. The van der Waals surface area contributed by atoms with E-state index in [4.69, 9.17) is 10.2 Å². The normalized spacial score (nSPS) is 7.54. The monoisotopic (exact) mass is 194 g/mol. The fourth-order valence-electron chi connectivity index (χ4n) is 0.213. The minimum atomic E-state index is -1.31. The Bertz CT molecular complexity index is 167. The number of ether oxygens (including phenoxy) is 2. The molecule has 0 radical (unpaired) electrons. The third kappa shape index (κ3) is 17.8. The molecule has 0 aliphatic carbocycles. The topological polar surface area (TPSA) is 110 Å². The van der Waals surface area contributed by atoms with Gasteiger partial charge in [0.1, 0.15) is 6.42 Å². The Kier molecular flexibility index (Phi) is 8.80. The molecule has 0 aliphatic heterocycles. The average Bonchev–Trinajstić information content (AvgIpc) is 2.01. The largest absolute Gasteiger partial charge is 0.507 e. The second kappa shape index (κ2) is 8.31. The quantitative estimate of drug-likeness (QED) is 0.468. The Labute approximate surface area is 73.9 Å². The van der Waals surface area contributed by atoms with E-state index in [2.05, 4.69) is 9.47 Å². The van der Waals surface area contributed by atoms with Crippen LogP contribution in [0.2, 0.25) is 0 Å². The molecule has 0 atom stereocenters. The lowest BCUT2D eigenvalue weighted by atomic mass is 10.5. The van der Waals surface area contributed by atoms with Gasteiger partial charge >= 0.3 is 18.1 Å². The highest BCUT2D eigenvalue weighted by atomic mass is 16.7. The maximum absolute atomic E-state index is 9.74. The van der Waals surface area contributed by atoms with Crippen molar-refractivity contribution in [2.24, 2.45) is 0 Å². The summed E-state index contributed by atoms with van der Waals surface area (Å²) in [7, 11) is 2.51. The lowest BCUT2D eigenvalue weighted by Gasteiger charge is -1.89. The van der Waals surface area contributed by atoms with E-state index in [0.29, 0.717) is 0 Å². The van der Waals surface area contributed by atoms with Gasteiger partial charge in [0.05, 0.1) is 14.2 Å². The Morgan fingerprint density at radius 3 is 1.31 bits per heavy atom. The van der Waals surface area contributed by atoms with Crippen LogP contribution in [-0.2, 0) is 19.1 Å². The number of methoxy groups -OCH3 is 2. The zero-order valence-corrected chi connectivity index (χ0v) is 7.14. The summed E-state index contributed by atoms with van der Waals surface area (Å²) in [5.74, 6) is -2.62. The third-order valence-corrected chi connectivity index (χ3v) is 0.636. The van der Waals surface area contributed by atoms with Crippen molar-refractivity contribution < 1.29 is 34.1 Å². The van der Waals surface area contributed by atoms with Crippen LogP contribution in [-0.4, -0.2) is 42.5 Å². The molecule has 0 aromatic carbocycles. The van der Waals surface area contributed by atoms with Crippen molar-refractivity contribution in [1.29, 1.82) is 0 Å². The molecule has 0 heterocycles. The van der Waals surface area contributed by atoms with Crippen LogP contribution in [0.1, 0.15) is 6.42 Å². The molecule has 0 unspecified atom stereocenters. The molecular formula is C6H10O7.